The predicted molar refractivity (Wildman–Crippen MR) is 57.3 cm³/mol. The van der Waals surface area contributed by atoms with Gasteiger partial charge in [-0.15, -0.1) is 0 Å². The van der Waals surface area contributed by atoms with Crippen molar-refractivity contribution in [2.24, 2.45) is 11.5 Å². The lowest BCUT2D eigenvalue weighted by Gasteiger charge is -2.09. The van der Waals surface area contributed by atoms with E-state index in [2.05, 4.69) is 4.74 Å². The Morgan fingerprint density at radius 3 is 2.56 bits per heavy atom. The van der Waals surface area contributed by atoms with Gasteiger partial charge in [0.2, 0.25) is 0 Å². The molecule has 16 heavy (non-hydrogen) atoms. The van der Waals surface area contributed by atoms with Gasteiger partial charge in [0.1, 0.15) is 12.3 Å². The highest BCUT2D eigenvalue weighted by atomic mass is 16.6. The molecule has 0 rings (SSSR count). The summed E-state index contributed by atoms with van der Waals surface area (Å²) in [6.07, 6.45) is 2.48. The zero-order chi connectivity index (χ0) is 12.4. The summed E-state index contributed by atoms with van der Waals surface area (Å²) in [7, 11) is 0. The summed E-state index contributed by atoms with van der Waals surface area (Å²) < 4.78 is 4.45. The van der Waals surface area contributed by atoms with Gasteiger partial charge < -0.3 is 21.0 Å². The number of ether oxygens (including phenoxy) is 1. The Balaban J connectivity index is 3.77. The molecule has 4 N–H and O–H groups in total. The van der Waals surface area contributed by atoms with Gasteiger partial charge in [-0.2, -0.15) is 0 Å². The summed E-state index contributed by atoms with van der Waals surface area (Å²) in [5.41, 5.74) is 10.8. The largest absolute Gasteiger partial charge is 0.392 e. The number of esters is 2. The van der Waals surface area contributed by atoms with Crippen LogP contribution in [-0.2, 0) is 19.1 Å². The first kappa shape index (κ1) is 14.7. The molecular weight excluding hydrogens is 212 g/mol. The maximum absolute atomic E-state index is 11.2. The number of nitrogens with two attached hydrogens (primary N) is 2. The Morgan fingerprint density at radius 1 is 1.31 bits per heavy atom. The zero-order valence-electron chi connectivity index (χ0n) is 9.19. The minimum absolute atomic E-state index is 0.0501. The molecule has 0 saturated heterocycles. The first-order valence-electron chi connectivity index (χ1n) is 5.25. The Labute approximate surface area is 94.3 Å². The van der Waals surface area contributed by atoms with Gasteiger partial charge in [0, 0.05) is 6.42 Å². The van der Waals surface area contributed by atoms with Crippen molar-refractivity contribution in [2.75, 3.05) is 6.54 Å². The second kappa shape index (κ2) is 8.99. The van der Waals surface area contributed by atoms with Crippen molar-refractivity contribution < 1.29 is 19.1 Å². The molecule has 92 valence electrons. The Bertz CT molecular complexity index is 243. The van der Waals surface area contributed by atoms with Gasteiger partial charge in [0.15, 0.2) is 0 Å². The lowest BCUT2D eigenvalue weighted by atomic mass is 10.1. The van der Waals surface area contributed by atoms with E-state index in [9.17, 15) is 14.4 Å². The molecule has 0 bridgehead atoms. The summed E-state index contributed by atoms with van der Waals surface area (Å²) in [5.74, 6) is -1.46. The van der Waals surface area contributed by atoms with Crippen LogP contribution in [0.25, 0.3) is 0 Å². The van der Waals surface area contributed by atoms with Crippen LogP contribution in [-0.4, -0.2) is 30.8 Å². The lowest BCUT2D eigenvalue weighted by Crippen LogP contribution is -2.33. The summed E-state index contributed by atoms with van der Waals surface area (Å²) in [4.78, 5) is 32.2. The van der Waals surface area contributed by atoms with E-state index >= 15 is 0 Å². The number of rotatable bonds is 8. The van der Waals surface area contributed by atoms with Crippen molar-refractivity contribution in [2.45, 2.75) is 38.1 Å². The van der Waals surface area contributed by atoms with E-state index in [-0.39, 0.29) is 12.8 Å². The van der Waals surface area contributed by atoms with E-state index < -0.39 is 18.0 Å². The van der Waals surface area contributed by atoms with E-state index in [0.717, 1.165) is 12.8 Å². The highest BCUT2D eigenvalue weighted by molar-refractivity contribution is 5.88. The minimum atomic E-state index is -0.799. The second-order valence-electron chi connectivity index (χ2n) is 3.39. The van der Waals surface area contributed by atoms with Gasteiger partial charge in [0.25, 0.3) is 0 Å². The minimum Gasteiger partial charge on any atom is -0.392 e. The standard InChI is InChI=1S/C10H18N2O4/c11-6-2-1-4-8(12)10(15)16-9(14)5-3-7-13/h7-8H,1-6,11-12H2/t8-/m0/s1. The third-order valence-corrected chi connectivity index (χ3v) is 1.95. The van der Waals surface area contributed by atoms with Gasteiger partial charge in [0.05, 0.1) is 6.42 Å². The predicted octanol–water partition coefficient (Wildman–Crippen LogP) is -0.508. The average Bonchev–Trinajstić information content (AvgIpc) is 2.26. The fourth-order valence-electron chi connectivity index (χ4n) is 1.04. The van der Waals surface area contributed by atoms with Gasteiger partial charge in [-0.25, -0.2) is 4.79 Å². The van der Waals surface area contributed by atoms with Crippen molar-refractivity contribution in [3.63, 3.8) is 0 Å². The van der Waals surface area contributed by atoms with Gasteiger partial charge in [-0.05, 0) is 19.4 Å². The quantitative estimate of drug-likeness (QED) is 0.251. The molecule has 1 atom stereocenters. The molecule has 6 nitrogen and oxygen atoms in total. The molecule has 0 unspecified atom stereocenters. The van der Waals surface area contributed by atoms with Crippen LogP contribution in [0.3, 0.4) is 0 Å². The molecule has 0 heterocycles. The van der Waals surface area contributed by atoms with Crippen LogP contribution in [0.1, 0.15) is 32.1 Å². The van der Waals surface area contributed by atoms with E-state index in [4.69, 9.17) is 11.5 Å². The normalized spacial score (nSPS) is 11.9. The van der Waals surface area contributed by atoms with Crippen LogP contribution in [0.15, 0.2) is 0 Å². The second-order valence-corrected chi connectivity index (χ2v) is 3.39. The molecule has 0 aliphatic heterocycles. The number of aldehydes is 1. The third kappa shape index (κ3) is 7.08. The highest BCUT2D eigenvalue weighted by Crippen LogP contribution is 2.01. The number of carbonyl (C=O) groups is 3. The first-order valence-corrected chi connectivity index (χ1v) is 5.25. The maximum atomic E-state index is 11.2. The lowest BCUT2D eigenvalue weighted by molar-refractivity contribution is -0.161. The number of hydrogen-bond acceptors (Lipinski definition) is 6. The summed E-state index contributed by atoms with van der Waals surface area (Å²) >= 11 is 0. The molecular formula is C10H18N2O4. The molecule has 0 aromatic rings. The number of hydrogen-bond donors (Lipinski definition) is 2. The van der Waals surface area contributed by atoms with Crippen molar-refractivity contribution in [3.8, 4) is 0 Å². The van der Waals surface area contributed by atoms with Gasteiger partial charge in [-0.1, -0.05) is 6.42 Å². The molecule has 0 fully saturated rings. The third-order valence-electron chi connectivity index (χ3n) is 1.95. The zero-order valence-corrected chi connectivity index (χ0v) is 9.19. The fraction of sp³-hybridized carbons (Fsp3) is 0.700. The van der Waals surface area contributed by atoms with Crippen molar-refractivity contribution in [3.05, 3.63) is 0 Å². The van der Waals surface area contributed by atoms with Crippen LogP contribution < -0.4 is 11.5 Å². The average molecular weight is 230 g/mol. The van der Waals surface area contributed by atoms with E-state index in [1.165, 1.54) is 0 Å². The molecule has 0 radical (unpaired) electrons. The number of unbranched alkanes of at least 4 members (excludes halogenated alkanes) is 1. The van der Waals surface area contributed by atoms with Crippen LogP contribution in [0.5, 0.6) is 0 Å². The fourth-order valence-corrected chi connectivity index (χ4v) is 1.04. The molecule has 0 spiro atoms. The number of carbonyl (C=O) groups excluding carboxylic acids is 3. The molecule has 0 aromatic carbocycles. The van der Waals surface area contributed by atoms with E-state index in [1.54, 1.807) is 0 Å². The molecule has 0 aliphatic rings. The van der Waals surface area contributed by atoms with Crippen molar-refractivity contribution in [1.29, 1.82) is 0 Å². The maximum Gasteiger partial charge on any atom is 0.330 e. The van der Waals surface area contributed by atoms with Crippen LogP contribution >= 0.6 is 0 Å². The topological polar surface area (TPSA) is 112 Å². The summed E-state index contributed by atoms with van der Waals surface area (Å²) in [5, 5.41) is 0. The Hall–Kier alpha value is -1.27. The van der Waals surface area contributed by atoms with E-state index in [0.29, 0.717) is 19.3 Å². The Morgan fingerprint density at radius 2 is 2.00 bits per heavy atom. The molecule has 0 aromatic heterocycles. The van der Waals surface area contributed by atoms with Gasteiger partial charge in [-0.3, -0.25) is 4.79 Å². The van der Waals surface area contributed by atoms with Gasteiger partial charge >= 0.3 is 11.9 Å². The molecule has 6 heteroatoms. The van der Waals surface area contributed by atoms with Crippen LogP contribution in [0.4, 0.5) is 0 Å². The summed E-state index contributed by atoms with van der Waals surface area (Å²) in [6, 6.07) is -0.799. The Kier molecular flexibility index (Phi) is 8.28. The van der Waals surface area contributed by atoms with Crippen molar-refractivity contribution >= 4 is 18.2 Å². The van der Waals surface area contributed by atoms with Crippen LogP contribution in [0.2, 0.25) is 0 Å². The SMILES string of the molecule is NCCCC[C@H](N)C(=O)OC(=O)CCC=O. The smallest absolute Gasteiger partial charge is 0.330 e. The van der Waals surface area contributed by atoms with Crippen molar-refractivity contribution in [1.82, 2.24) is 0 Å². The monoisotopic (exact) mass is 230 g/mol. The van der Waals surface area contributed by atoms with Crippen LogP contribution in [0, 0.1) is 0 Å². The van der Waals surface area contributed by atoms with E-state index in [1.807, 2.05) is 0 Å². The first-order chi connectivity index (χ1) is 7.61. The highest BCUT2D eigenvalue weighted by Gasteiger charge is 2.17. The summed E-state index contributed by atoms with van der Waals surface area (Å²) in [6.45, 7) is 0.542. The molecule has 0 aliphatic carbocycles. The molecule has 0 amide bonds. The molecule has 0 saturated carbocycles.